The van der Waals surface area contributed by atoms with Crippen LogP contribution in [-0.2, 0) is 4.79 Å². The highest BCUT2D eigenvalue weighted by Gasteiger charge is 2.31. The Morgan fingerprint density at radius 1 is 1.00 bits per heavy atom. The van der Waals surface area contributed by atoms with E-state index in [-0.39, 0.29) is 27.4 Å². The summed E-state index contributed by atoms with van der Waals surface area (Å²) < 4.78 is 13.6. The third-order valence-corrected chi connectivity index (χ3v) is 4.34. The number of hydrogen-bond acceptors (Lipinski definition) is 2. The Labute approximate surface area is 145 Å². The van der Waals surface area contributed by atoms with Crippen molar-refractivity contribution in [3.05, 3.63) is 33.6 Å². The van der Waals surface area contributed by atoms with Crippen molar-refractivity contribution in [1.29, 1.82) is 0 Å². The van der Waals surface area contributed by atoms with Crippen LogP contribution in [0.5, 0.6) is 0 Å². The van der Waals surface area contributed by atoms with Gasteiger partial charge in [-0.2, -0.15) is 0 Å². The first-order valence-corrected chi connectivity index (χ1v) is 8.10. The highest BCUT2D eigenvalue weighted by molar-refractivity contribution is 6.36. The lowest BCUT2D eigenvalue weighted by Crippen LogP contribution is -2.53. The molecule has 1 aromatic rings. The van der Waals surface area contributed by atoms with Crippen LogP contribution >= 0.6 is 23.2 Å². The summed E-state index contributed by atoms with van der Waals surface area (Å²) in [4.78, 5) is 28.0. The molecule has 0 aromatic heterocycles. The molecule has 1 aromatic carbocycles. The second-order valence-electron chi connectivity index (χ2n) is 6.58. The molecule has 1 aliphatic heterocycles. The first-order chi connectivity index (χ1) is 10.6. The number of rotatable bonds is 1. The molecule has 0 unspecified atom stereocenters. The van der Waals surface area contributed by atoms with Crippen molar-refractivity contribution in [2.24, 2.45) is 5.41 Å². The maximum absolute atomic E-state index is 13.6. The third-order valence-electron chi connectivity index (χ3n) is 3.74. The third kappa shape index (κ3) is 3.96. The maximum Gasteiger partial charge on any atom is 0.255 e. The standard InChI is InChI=1S/C16H19Cl2FN2O2/c1-16(2,3)15(23)21-6-4-20(5-7-21)14(22)10-8-13(19)12(18)9-11(10)17/h8-9H,4-7H2,1-3H3. The Kier molecular flexibility index (Phi) is 5.21. The lowest BCUT2D eigenvalue weighted by molar-refractivity contribution is -0.140. The Hall–Kier alpha value is -1.33. The molecule has 1 saturated heterocycles. The van der Waals surface area contributed by atoms with Gasteiger partial charge in [0, 0.05) is 31.6 Å². The van der Waals surface area contributed by atoms with Gasteiger partial charge in [-0.25, -0.2) is 4.39 Å². The summed E-state index contributed by atoms with van der Waals surface area (Å²) in [6.07, 6.45) is 0. The Morgan fingerprint density at radius 2 is 1.52 bits per heavy atom. The van der Waals surface area contributed by atoms with E-state index in [1.54, 1.807) is 9.80 Å². The number of halogens is 3. The molecule has 1 aliphatic rings. The SMILES string of the molecule is CC(C)(C)C(=O)N1CCN(C(=O)c2cc(F)c(Cl)cc2Cl)CC1. The van der Waals surface area contributed by atoms with Gasteiger partial charge in [0.25, 0.3) is 5.91 Å². The van der Waals surface area contributed by atoms with Crippen molar-refractivity contribution in [2.45, 2.75) is 20.8 Å². The number of amides is 2. The van der Waals surface area contributed by atoms with Gasteiger partial charge in [0.15, 0.2) is 0 Å². The van der Waals surface area contributed by atoms with E-state index in [2.05, 4.69) is 0 Å². The minimum atomic E-state index is -0.680. The van der Waals surface area contributed by atoms with Crippen LogP contribution in [0.3, 0.4) is 0 Å². The first-order valence-electron chi connectivity index (χ1n) is 7.34. The van der Waals surface area contributed by atoms with Gasteiger partial charge in [-0.05, 0) is 12.1 Å². The highest BCUT2D eigenvalue weighted by atomic mass is 35.5. The fourth-order valence-electron chi connectivity index (χ4n) is 2.44. The number of nitrogens with zero attached hydrogens (tertiary/aromatic N) is 2. The zero-order valence-electron chi connectivity index (χ0n) is 13.3. The van der Waals surface area contributed by atoms with Crippen molar-refractivity contribution in [2.75, 3.05) is 26.2 Å². The second-order valence-corrected chi connectivity index (χ2v) is 7.39. The minimum absolute atomic E-state index is 0.0557. The Morgan fingerprint density at radius 3 is 2.04 bits per heavy atom. The highest BCUT2D eigenvalue weighted by Crippen LogP contribution is 2.26. The fraction of sp³-hybridized carbons (Fsp3) is 0.500. The molecule has 2 amide bonds. The van der Waals surface area contributed by atoms with E-state index in [0.717, 1.165) is 6.07 Å². The predicted molar refractivity (Wildman–Crippen MR) is 88.4 cm³/mol. The molecule has 0 atom stereocenters. The number of benzene rings is 1. The Bertz CT molecular complexity index is 636. The molecule has 1 fully saturated rings. The minimum Gasteiger partial charge on any atom is -0.339 e. The van der Waals surface area contributed by atoms with Gasteiger partial charge in [-0.3, -0.25) is 9.59 Å². The van der Waals surface area contributed by atoms with Crippen molar-refractivity contribution in [3.8, 4) is 0 Å². The van der Waals surface area contributed by atoms with E-state index in [4.69, 9.17) is 23.2 Å². The van der Waals surface area contributed by atoms with Crippen LogP contribution < -0.4 is 0 Å². The van der Waals surface area contributed by atoms with Gasteiger partial charge in [0.05, 0.1) is 15.6 Å². The molecule has 126 valence electrons. The van der Waals surface area contributed by atoms with Crippen LogP contribution in [0.1, 0.15) is 31.1 Å². The predicted octanol–water partition coefficient (Wildman–Crippen LogP) is 3.46. The molecular weight excluding hydrogens is 342 g/mol. The molecular formula is C16H19Cl2FN2O2. The van der Waals surface area contributed by atoms with Crippen molar-refractivity contribution < 1.29 is 14.0 Å². The summed E-state index contributed by atoms with van der Waals surface area (Å²) in [5.74, 6) is -0.977. The molecule has 2 rings (SSSR count). The molecule has 0 spiro atoms. The van der Waals surface area contributed by atoms with E-state index < -0.39 is 11.2 Å². The molecule has 0 N–H and O–H groups in total. The molecule has 1 heterocycles. The van der Waals surface area contributed by atoms with Crippen molar-refractivity contribution >= 4 is 35.0 Å². The summed E-state index contributed by atoms with van der Waals surface area (Å²) in [5.41, 5.74) is -0.362. The average molecular weight is 361 g/mol. The smallest absolute Gasteiger partial charge is 0.255 e. The molecule has 4 nitrogen and oxygen atoms in total. The Balaban J connectivity index is 2.07. The largest absolute Gasteiger partial charge is 0.339 e. The number of hydrogen-bond donors (Lipinski definition) is 0. The summed E-state index contributed by atoms with van der Waals surface area (Å²) in [6.45, 7) is 7.28. The van der Waals surface area contributed by atoms with Gasteiger partial charge in [0.1, 0.15) is 5.82 Å². The fourth-order valence-corrected chi connectivity index (χ4v) is 2.91. The van der Waals surface area contributed by atoms with Crippen molar-refractivity contribution in [1.82, 2.24) is 9.80 Å². The lowest BCUT2D eigenvalue weighted by Gasteiger charge is -2.37. The maximum atomic E-state index is 13.6. The molecule has 7 heteroatoms. The van der Waals surface area contributed by atoms with E-state index in [0.29, 0.717) is 26.2 Å². The normalized spacial score (nSPS) is 15.7. The van der Waals surface area contributed by atoms with Crippen LogP contribution in [0.15, 0.2) is 12.1 Å². The van der Waals surface area contributed by atoms with Crippen LogP contribution in [0.4, 0.5) is 4.39 Å². The average Bonchev–Trinajstić information content (AvgIpc) is 2.49. The van der Waals surface area contributed by atoms with Crippen LogP contribution in [0.25, 0.3) is 0 Å². The zero-order chi connectivity index (χ0) is 17.4. The van der Waals surface area contributed by atoms with Gasteiger partial charge in [0.2, 0.25) is 5.91 Å². The van der Waals surface area contributed by atoms with Gasteiger partial charge < -0.3 is 9.80 Å². The van der Waals surface area contributed by atoms with E-state index >= 15 is 0 Å². The van der Waals surface area contributed by atoms with E-state index in [1.807, 2.05) is 20.8 Å². The van der Waals surface area contributed by atoms with Gasteiger partial charge in [-0.1, -0.05) is 44.0 Å². The number of carbonyl (C=O) groups is 2. The van der Waals surface area contributed by atoms with E-state index in [9.17, 15) is 14.0 Å². The van der Waals surface area contributed by atoms with E-state index in [1.165, 1.54) is 6.07 Å². The molecule has 0 saturated carbocycles. The summed E-state index contributed by atoms with van der Waals surface area (Å²) in [6, 6.07) is 2.28. The zero-order valence-corrected chi connectivity index (χ0v) is 14.8. The molecule has 0 bridgehead atoms. The van der Waals surface area contributed by atoms with Crippen molar-refractivity contribution in [3.63, 3.8) is 0 Å². The summed E-state index contributed by atoms with van der Waals surface area (Å²) >= 11 is 11.6. The summed E-state index contributed by atoms with van der Waals surface area (Å²) in [7, 11) is 0. The first kappa shape index (κ1) is 18.0. The number of carbonyl (C=O) groups excluding carboxylic acids is 2. The second kappa shape index (κ2) is 6.65. The topological polar surface area (TPSA) is 40.6 Å². The summed E-state index contributed by atoms with van der Waals surface area (Å²) in [5, 5.41) is 0.00161. The van der Waals surface area contributed by atoms with Crippen LogP contribution in [0.2, 0.25) is 10.0 Å². The number of piperazine rings is 1. The molecule has 23 heavy (non-hydrogen) atoms. The van der Waals surface area contributed by atoms with Crippen LogP contribution in [0, 0.1) is 11.2 Å². The molecule has 0 radical (unpaired) electrons. The monoisotopic (exact) mass is 360 g/mol. The molecule has 0 aliphatic carbocycles. The lowest BCUT2D eigenvalue weighted by atomic mass is 9.94. The van der Waals surface area contributed by atoms with Crippen LogP contribution in [-0.4, -0.2) is 47.8 Å². The quantitative estimate of drug-likeness (QED) is 0.719. The van der Waals surface area contributed by atoms with Gasteiger partial charge in [-0.15, -0.1) is 0 Å². The van der Waals surface area contributed by atoms with Gasteiger partial charge >= 0.3 is 0 Å².